The molecule has 0 aromatic carbocycles. The Morgan fingerprint density at radius 1 is 1.43 bits per heavy atom. The second-order valence-electron chi connectivity index (χ2n) is 4.97. The molecule has 2 heterocycles. The molecule has 0 spiro atoms. The van der Waals surface area contributed by atoms with Crippen molar-refractivity contribution >= 4 is 23.3 Å². The van der Waals surface area contributed by atoms with Crippen molar-refractivity contribution in [2.75, 3.05) is 13.7 Å². The summed E-state index contributed by atoms with van der Waals surface area (Å²) in [5.74, 6) is 0. The van der Waals surface area contributed by atoms with Crippen LogP contribution in [-0.4, -0.2) is 28.3 Å². The van der Waals surface area contributed by atoms with Gasteiger partial charge in [0.2, 0.25) is 0 Å². The quantitative estimate of drug-likeness (QED) is 0.667. The normalized spacial score (nSPS) is 12.0. The van der Waals surface area contributed by atoms with Crippen molar-refractivity contribution < 1.29 is 17.9 Å². The summed E-state index contributed by atoms with van der Waals surface area (Å²) in [6.45, 7) is 2.42. The number of hydrogen-bond acceptors (Lipinski definition) is 4. The lowest BCUT2D eigenvalue weighted by Crippen LogP contribution is -2.21. The molecule has 23 heavy (non-hydrogen) atoms. The van der Waals surface area contributed by atoms with Gasteiger partial charge in [0.25, 0.3) is 5.56 Å². The molecule has 0 amide bonds. The molecule has 126 valence electrons. The zero-order chi connectivity index (χ0) is 17.2. The molecule has 0 saturated carbocycles. The molecule has 0 aliphatic heterocycles. The number of halogens is 3. The third-order valence-corrected chi connectivity index (χ3v) is 3.72. The highest BCUT2D eigenvalue weighted by Gasteiger charge is 2.35. The fraction of sp³-hybridized carbons (Fsp3) is 0.500. The van der Waals surface area contributed by atoms with Gasteiger partial charge in [0.15, 0.2) is 4.77 Å². The standard InChI is InChI=1S/C14H16F3N3O2S/c1-3-8-7-9(14(15,16)17)10-11(18-8)20(5-4-6-22-2)13(23)19-12(10)21/h7H,3-6H2,1-2H3,(H,19,21,23). The first-order valence-corrected chi connectivity index (χ1v) is 7.43. The van der Waals surface area contributed by atoms with Crippen LogP contribution in [0.5, 0.6) is 0 Å². The largest absolute Gasteiger partial charge is 0.417 e. The summed E-state index contributed by atoms with van der Waals surface area (Å²) in [5, 5.41) is -0.485. The monoisotopic (exact) mass is 347 g/mol. The Morgan fingerprint density at radius 3 is 2.70 bits per heavy atom. The van der Waals surface area contributed by atoms with Crippen molar-refractivity contribution in [3.63, 3.8) is 0 Å². The Labute approximate surface area is 135 Å². The number of ether oxygens (including phenoxy) is 1. The van der Waals surface area contributed by atoms with Crippen molar-refractivity contribution in [1.82, 2.24) is 14.5 Å². The predicted octanol–water partition coefficient (Wildman–Crippen LogP) is 3.07. The first-order valence-electron chi connectivity index (χ1n) is 7.02. The number of pyridine rings is 1. The van der Waals surface area contributed by atoms with Gasteiger partial charge < -0.3 is 9.30 Å². The van der Waals surface area contributed by atoms with Crippen LogP contribution in [0.4, 0.5) is 13.2 Å². The summed E-state index contributed by atoms with van der Waals surface area (Å²) >= 11 is 5.08. The number of aromatic nitrogens is 3. The number of hydrogen-bond donors (Lipinski definition) is 1. The van der Waals surface area contributed by atoms with Gasteiger partial charge in [0.05, 0.1) is 10.9 Å². The molecule has 0 aliphatic rings. The molecular formula is C14H16F3N3O2S. The van der Waals surface area contributed by atoms with Crippen LogP contribution in [-0.2, 0) is 23.9 Å². The van der Waals surface area contributed by atoms with E-state index in [1.165, 1.54) is 11.7 Å². The molecule has 5 nitrogen and oxygen atoms in total. The molecule has 0 atom stereocenters. The van der Waals surface area contributed by atoms with Crippen molar-refractivity contribution in [2.24, 2.45) is 0 Å². The summed E-state index contributed by atoms with van der Waals surface area (Å²) in [4.78, 5) is 18.6. The molecular weight excluding hydrogens is 331 g/mol. The number of methoxy groups -OCH3 is 1. The molecule has 0 unspecified atom stereocenters. The van der Waals surface area contributed by atoms with Crippen molar-refractivity contribution in [3.8, 4) is 0 Å². The van der Waals surface area contributed by atoms with Gasteiger partial charge in [-0.05, 0) is 31.1 Å². The molecule has 1 N–H and O–H groups in total. The van der Waals surface area contributed by atoms with Crippen LogP contribution in [0.1, 0.15) is 24.6 Å². The summed E-state index contributed by atoms with van der Waals surface area (Å²) in [6, 6.07) is 0.917. The second-order valence-corrected chi connectivity index (χ2v) is 5.36. The van der Waals surface area contributed by atoms with E-state index in [1.807, 2.05) is 0 Å². The van der Waals surface area contributed by atoms with Gasteiger partial charge in [0, 0.05) is 26.0 Å². The maximum absolute atomic E-state index is 13.3. The fourth-order valence-corrected chi connectivity index (χ4v) is 2.58. The maximum Gasteiger partial charge on any atom is 0.417 e. The number of aromatic amines is 1. The van der Waals surface area contributed by atoms with Gasteiger partial charge in [-0.3, -0.25) is 9.78 Å². The van der Waals surface area contributed by atoms with E-state index in [4.69, 9.17) is 17.0 Å². The number of aryl methyl sites for hydroxylation is 2. The number of nitrogens with zero attached hydrogens (tertiary/aromatic N) is 2. The van der Waals surface area contributed by atoms with Crippen LogP contribution in [0.3, 0.4) is 0 Å². The number of H-pyrrole nitrogens is 1. The third-order valence-electron chi connectivity index (χ3n) is 3.40. The van der Waals surface area contributed by atoms with Crippen LogP contribution in [0, 0.1) is 4.77 Å². The zero-order valence-electron chi connectivity index (χ0n) is 12.7. The van der Waals surface area contributed by atoms with Crippen molar-refractivity contribution in [1.29, 1.82) is 0 Å². The predicted molar refractivity (Wildman–Crippen MR) is 82.1 cm³/mol. The number of nitrogens with one attached hydrogen (secondary N) is 1. The van der Waals surface area contributed by atoms with Crippen molar-refractivity contribution in [2.45, 2.75) is 32.5 Å². The fourth-order valence-electron chi connectivity index (χ4n) is 2.31. The van der Waals surface area contributed by atoms with Gasteiger partial charge >= 0.3 is 6.18 Å². The highest BCUT2D eigenvalue weighted by atomic mass is 32.1. The Balaban J connectivity index is 2.82. The number of fused-ring (bicyclic) bond motifs is 1. The van der Waals surface area contributed by atoms with Gasteiger partial charge in [-0.1, -0.05) is 6.92 Å². The topological polar surface area (TPSA) is 59.9 Å². The minimum Gasteiger partial charge on any atom is -0.385 e. The molecule has 2 aromatic heterocycles. The minimum atomic E-state index is -4.65. The van der Waals surface area contributed by atoms with E-state index < -0.39 is 22.7 Å². The van der Waals surface area contributed by atoms with Crippen LogP contribution < -0.4 is 5.56 Å². The molecule has 0 radical (unpaired) electrons. The molecule has 0 bridgehead atoms. The average molecular weight is 347 g/mol. The number of alkyl halides is 3. The number of rotatable bonds is 5. The van der Waals surface area contributed by atoms with E-state index in [-0.39, 0.29) is 16.1 Å². The molecule has 9 heteroatoms. The van der Waals surface area contributed by atoms with Crippen LogP contribution in [0.2, 0.25) is 0 Å². The van der Waals surface area contributed by atoms with Crippen LogP contribution in [0.25, 0.3) is 11.0 Å². The SMILES string of the molecule is CCc1cc(C(F)(F)F)c2c(=O)[nH]c(=S)n(CCCOC)c2n1. The van der Waals surface area contributed by atoms with E-state index in [0.29, 0.717) is 26.0 Å². The van der Waals surface area contributed by atoms with E-state index in [9.17, 15) is 18.0 Å². The second kappa shape index (κ2) is 6.79. The van der Waals surface area contributed by atoms with Crippen molar-refractivity contribution in [3.05, 3.63) is 32.4 Å². The summed E-state index contributed by atoms with van der Waals surface area (Å²) in [5.41, 5.74) is -1.65. The Bertz CT molecular complexity index is 827. The molecule has 2 aromatic rings. The average Bonchev–Trinajstić information content (AvgIpc) is 2.48. The zero-order valence-corrected chi connectivity index (χ0v) is 13.5. The van der Waals surface area contributed by atoms with Gasteiger partial charge in [0.1, 0.15) is 5.65 Å². The third kappa shape index (κ3) is 3.61. The summed E-state index contributed by atoms with van der Waals surface area (Å²) in [6.07, 6.45) is -3.80. The highest BCUT2D eigenvalue weighted by molar-refractivity contribution is 7.71. The van der Waals surface area contributed by atoms with E-state index in [0.717, 1.165) is 6.07 Å². The lowest BCUT2D eigenvalue weighted by Gasteiger charge is -2.15. The van der Waals surface area contributed by atoms with Crippen LogP contribution in [0.15, 0.2) is 10.9 Å². The first-order chi connectivity index (χ1) is 10.8. The highest BCUT2D eigenvalue weighted by Crippen LogP contribution is 2.33. The molecule has 2 rings (SSSR count). The Morgan fingerprint density at radius 2 is 2.13 bits per heavy atom. The van der Waals surface area contributed by atoms with E-state index in [1.54, 1.807) is 6.92 Å². The van der Waals surface area contributed by atoms with Gasteiger partial charge in [-0.2, -0.15) is 13.2 Å². The van der Waals surface area contributed by atoms with Gasteiger partial charge in [-0.15, -0.1) is 0 Å². The lowest BCUT2D eigenvalue weighted by molar-refractivity contribution is -0.136. The summed E-state index contributed by atoms with van der Waals surface area (Å²) < 4.78 is 46.4. The summed E-state index contributed by atoms with van der Waals surface area (Å²) in [7, 11) is 1.53. The molecule has 0 aliphatic carbocycles. The first kappa shape index (κ1) is 17.6. The molecule has 0 saturated heterocycles. The maximum atomic E-state index is 13.3. The smallest absolute Gasteiger partial charge is 0.385 e. The van der Waals surface area contributed by atoms with E-state index in [2.05, 4.69) is 9.97 Å². The Hall–Kier alpha value is -1.74. The minimum absolute atomic E-state index is 0.0403. The molecule has 0 fully saturated rings. The Kier molecular flexibility index (Phi) is 5.20. The van der Waals surface area contributed by atoms with Crippen LogP contribution >= 0.6 is 12.2 Å². The van der Waals surface area contributed by atoms with Gasteiger partial charge in [-0.25, -0.2) is 4.98 Å². The lowest BCUT2D eigenvalue weighted by atomic mass is 10.1. The van der Waals surface area contributed by atoms with E-state index >= 15 is 0 Å².